The predicted molar refractivity (Wildman–Crippen MR) is 74.8 cm³/mol. The van der Waals surface area contributed by atoms with E-state index in [2.05, 4.69) is 16.4 Å². The Morgan fingerprint density at radius 1 is 1.61 bits per heavy atom. The van der Waals surface area contributed by atoms with Crippen molar-refractivity contribution < 1.29 is 0 Å². The zero-order valence-corrected chi connectivity index (χ0v) is 11.9. The van der Waals surface area contributed by atoms with Crippen LogP contribution in [0.4, 0.5) is 0 Å². The molecular formula is C13H16ClN3S. The van der Waals surface area contributed by atoms with Crippen molar-refractivity contribution in [2.45, 2.75) is 42.8 Å². The molecule has 1 N–H and O–H groups in total. The van der Waals surface area contributed by atoms with Crippen LogP contribution in [0.5, 0.6) is 0 Å². The number of thioether (sulfide) groups is 1. The van der Waals surface area contributed by atoms with Crippen molar-refractivity contribution in [3.05, 3.63) is 23.4 Å². The summed E-state index contributed by atoms with van der Waals surface area (Å²) >= 11 is 7.44. The van der Waals surface area contributed by atoms with Crippen molar-refractivity contribution in [2.24, 2.45) is 0 Å². The van der Waals surface area contributed by atoms with E-state index in [0.717, 1.165) is 17.2 Å². The Morgan fingerprint density at radius 3 is 2.94 bits per heavy atom. The van der Waals surface area contributed by atoms with Gasteiger partial charge in [-0.15, -0.1) is 11.8 Å². The van der Waals surface area contributed by atoms with E-state index in [1.165, 1.54) is 12.8 Å². The fourth-order valence-corrected chi connectivity index (χ4v) is 2.77. The van der Waals surface area contributed by atoms with E-state index in [0.29, 0.717) is 11.1 Å². The summed E-state index contributed by atoms with van der Waals surface area (Å²) in [5, 5.41) is 14.2. The molecule has 0 aromatic carbocycles. The van der Waals surface area contributed by atoms with Crippen LogP contribution in [0.25, 0.3) is 0 Å². The molecule has 0 bridgehead atoms. The molecule has 1 aliphatic carbocycles. The first-order valence-corrected chi connectivity index (χ1v) is 7.41. The zero-order chi connectivity index (χ0) is 13.0. The third-order valence-corrected chi connectivity index (χ3v) is 4.07. The molecule has 2 rings (SSSR count). The fourth-order valence-electron chi connectivity index (χ4n) is 1.65. The molecule has 0 radical (unpaired) electrons. The number of halogens is 1. The normalized spacial score (nSPS) is 18.1. The number of nitrogens with one attached hydrogen (secondary N) is 1. The maximum absolute atomic E-state index is 9.24. The Labute approximate surface area is 117 Å². The van der Waals surface area contributed by atoms with Gasteiger partial charge in [-0.2, -0.15) is 5.26 Å². The predicted octanol–water partition coefficient (Wildman–Crippen LogP) is 3.25. The third kappa shape index (κ3) is 4.16. The molecule has 1 aliphatic rings. The van der Waals surface area contributed by atoms with Crippen LogP contribution >= 0.6 is 23.4 Å². The topological polar surface area (TPSA) is 48.7 Å². The highest BCUT2D eigenvalue weighted by Crippen LogP contribution is 2.26. The van der Waals surface area contributed by atoms with Gasteiger partial charge in [-0.05, 0) is 38.3 Å². The Bertz CT molecular complexity index is 439. The van der Waals surface area contributed by atoms with Crippen molar-refractivity contribution in [2.75, 3.05) is 5.75 Å². The van der Waals surface area contributed by atoms with Crippen LogP contribution in [-0.4, -0.2) is 22.3 Å². The smallest absolute Gasteiger partial charge is 0.104 e. The number of hydrogen-bond donors (Lipinski definition) is 1. The van der Waals surface area contributed by atoms with Crippen LogP contribution in [0, 0.1) is 11.3 Å². The monoisotopic (exact) mass is 281 g/mol. The molecule has 18 heavy (non-hydrogen) atoms. The summed E-state index contributed by atoms with van der Waals surface area (Å²) in [6.45, 7) is 1.97. The standard InChI is InChI=1S/C13H16ClN3S/c1-13(9-15,17-11-3-4-11)6-7-18-12-5-2-10(14)8-16-12/h2,5,8,11,17H,3-4,6-7H2,1H3. The lowest BCUT2D eigenvalue weighted by atomic mass is 10.0. The molecule has 0 spiro atoms. The first-order valence-electron chi connectivity index (χ1n) is 6.05. The molecule has 0 amide bonds. The highest BCUT2D eigenvalue weighted by atomic mass is 35.5. The first-order chi connectivity index (χ1) is 8.61. The van der Waals surface area contributed by atoms with Crippen LogP contribution in [0.2, 0.25) is 5.02 Å². The van der Waals surface area contributed by atoms with Crippen LogP contribution in [-0.2, 0) is 0 Å². The van der Waals surface area contributed by atoms with Crippen molar-refractivity contribution >= 4 is 23.4 Å². The van der Waals surface area contributed by atoms with Crippen molar-refractivity contribution in [1.82, 2.24) is 10.3 Å². The summed E-state index contributed by atoms with van der Waals surface area (Å²) in [4.78, 5) is 4.22. The van der Waals surface area contributed by atoms with Gasteiger partial charge in [0.15, 0.2) is 0 Å². The molecule has 3 nitrogen and oxygen atoms in total. The van der Waals surface area contributed by atoms with Crippen LogP contribution in [0.15, 0.2) is 23.4 Å². The third-order valence-electron chi connectivity index (χ3n) is 2.90. The molecule has 1 aromatic heterocycles. The molecule has 1 fully saturated rings. The van der Waals surface area contributed by atoms with Crippen LogP contribution in [0.3, 0.4) is 0 Å². The Kier molecular flexibility index (Phi) is 4.50. The molecule has 5 heteroatoms. The Hall–Kier alpha value is -0.760. The summed E-state index contributed by atoms with van der Waals surface area (Å²) < 4.78 is 0. The van der Waals surface area contributed by atoms with Gasteiger partial charge < -0.3 is 0 Å². The summed E-state index contributed by atoms with van der Waals surface area (Å²) in [5.41, 5.74) is -0.416. The fraction of sp³-hybridized carbons (Fsp3) is 0.538. The summed E-state index contributed by atoms with van der Waals surface area (Å²) in [7, 11) is 0. The molecule has 96 valence electrons. The number of hydrogen-bond acceptors (Lipinski definition) is 4. The summed E-state index contributed by atoms with van der Waals surface area (Å²) in [6, 6.07) is 6.67. The molecule has 1 unspecified atom stereocenters. The van der Waals surface area contributed by atoms with Gasteiger partial charge in [0.25, 0.3) is 0 Å². The average molecular weight is 282 g/mol. The van der Waals surface area contributed by atoms with Gasteiger partial charge in [0.1, 0.15) is 5.54 Å². The minimum atomic E-state index is -0.416. The lowest BCUT2D eigenvalue weighted by molar-refractivity contribution is 0.433. The molecule has 1 atom stereocenters. The van der Waals surface area contributed by atoms with Gasteiger partial charge in [0.2, 0.25) is 0 Å². The van der Waals surface area contributed by atoms with Gasteiger partial charge in [-0.25, -0.2) is 4.98 Å². The summed E-state index contributed by atoms with van der Waals surface area (Å²) in [5.74, 6) is 0.873. The average Bonchev–Trinajstić information content (AvgIpc) is 3.15. The minimum absolute atomic E-state index is 0.416. The molecular weight excluding hydrogens is 266 g/mol. The number of pyridine rings is 1. The maximum atomic E-state index is 9.24. The minimum Gasteiger partial charge on any atom is -0.297 e. The van der Waals surface area contributed by atoms with E-state index in [9.17, 15) is 5.26 Å². The molecule has 1 aromatic rings. The van der Waals surface area contributed by atoms with Crippen molar-refractivity contribution in [3.63, 3.8) is 0 Å². The quantitative estimate of drug-likeness (QED) is 0.813. The van der Waals surface area contributed by atoms with E-state index < -0.39 is 5.54 Å². The number of aromatic nitrogens is 1. The Morgan fingerprint density at radius 2 is 2.39 bits per heavy atom. The lowest BCUT2D eigenvalue weighted by Gasteiger charge is -2.22. The lowest BCUT2D eigenvalue weighted by Crippen LogP contribution is -2.42. The van der Waals surface area contributed by atoms with E-state index >= 15 is 0 Å². The highest BCUT2D eigenvalue weighted by molar-refractivity contribution is 7.99. The zero-order valence-electron chi connectivity index (χ0n) is 10.3. The van der Waals surface area contributed by atoms with Crippen molar-refractivity contribution in [3.8, 4) is 6.07 Å². The number of nitriles is 1. The SMILES string of the molecule is CC(C#N)(CCSc1ccc(Cl)cn1)NC1CC1. The molecule has 1 saturated carbocycles. The second kappa shape index (κ2) is 5.92. The van der Waals surface area contributed by atoms with Crippen LogP contribution < -0.4 is 5.32 Å². The van der Waals surface area contributed by atoms with Gasteiger partial charge in [-0.3, -0.25) is 5.32 Å². The summed E-state index contributed by atoms with van der Waals surface area (Å²) in [6.07, 6.45) is 4.86. The Balaban J connectivity index is 1.79. The maximum Gasteiger partial charge on any atom is 0.104 e. The van der Waals surface area contributed by atoms with Gasteiger partial charge in [-0.1, -0.05) is 11.6 Å². The second-order valence-corrected chi connectivity index (χ2v) is 6.33. The van der Waals surface area contributed by atoms with Crippen molar-refractivity contribution in [1.29, 1.82) is 5.26 Å². The number of nitrogens with zero attached hydrogens (tertiary/aromatic N) is 2. The molecule has 1 heterocycles. The van der Waals surface area contributed by atoms with E-state index in [-0.39, 0.29) is 0 Å². The van der Waals surface area contributed by atoms with E-state index in [1.807, 2.05) is 19.1 Å². The first kappa shape index (κ1) is 13.7. The van der Waals surface area contributed by atoms with Crippen LogP contribution in [0.1, 0.15) is 26.2 Å². The number of rotatable bonds is 6. The van der Waals surface area contributed by atoms with Gasteiger partial charge >= 0.3 is 0 Å². The molecule has 0 saturated heterocycles. The second-order valence-electron chi connectivity index (χ2n) is 4.78. The highest BCUT2D eigenvalue weighted by Gasteiger charge is 2.32. The van der Waals surface area contributed by atoms with E-state index in [1.54, 1.807) is 18.0 Å². The van der Waals surface area contributed by atoms with E-state index in [4.69, 9.17) is 11.6 Å². The molecule has 0 aliphatic heterocycles. The largest absolute Gasteiger partial charge is 0.297 e. The van der Waals surface area contributed by atoms with Gasteiger partial charge in [0, 0.05) is 18.0 Å². The van der Waals surface area contributed by atoms with Gasteiger partial charge in [0.05, 0.1) is 16.1 Å².